The topological polar surface area (TPSA) is 65.1 Å². The molecule has 2 aliphatic heterocycles. The van der Waals surface area contributed by atoms with Gasteiger partial charge in [0.1, 0.15) is 12.4 Å². The second-order valence-corrected chi connectivity index (χ2v) is 10.8. The first kappa shape index (κ1) is 25.8. The first-order valence-corrected chi connectivity index (χ1v) is 14.0. The molecular formula is C33H35NO5. The van der Waals surface area contributed by atoms with Crippen molar-refractivity contribution in [3.8, 4) is 11.1 Å². The Morgan fingerprint density at radius 3 is 2.10 bits per heavy atom. The highest BCUT2D eigenvalue weighted by Gasteiger charge is 2.44. The van der Waals surface area contributed by atoms with Gasteiger partial charge in [0, 0.05) is 24.9 Å². The molecule has 2 unspecified atom stereocenters. The van der Waals surface area contributed by atoms with Gasteiger partial charge in [0.05, 0.1) is 31.9 Å². The number of Topliss-reactive ketones (excluding diaryl/α,β-unsaturated/α-hetero) is 1. The van der Waals surface area contributed by atoms with Gasteiger partial charge in [0.15, 0.2) is 0 Å². The van der Waals surface area contributed by atoms with E-state index in [0.29, 0.717) is 58.7 Å². The molecular weight excluding hydrogens is 490 g/mol. The molecule has 2 atom stereocenters. The second kappa shape index (κ2) is 11.7. The van der Waals surface area contributed by atoms with Crippen LogP contribution in [0.5, 0.6) is 0 Å². The molecule has 6 rings (SSSR count). The summed E-state index contributed by atoms with van der Waals surface area (Å²) in [6.45, 7) is 2.33. The number of ether oxygens (including phenoxy) is 3. The number of nitrogens with zero attached hydrogens (tertiary/aromatic N) is 1. The first-order valence-electron chi connectivity index (χ1n) is 14.0. The van der Waals surface area contributed by atoms with Crippen molar-refractivity contribution in [3.05, 3.63) is 95.6 Å². The van der Waals surface area contributed by atoms with E-state index < -0.39 is 0 Å². The summed E-state index contributed by atoms with van der Waals surface area (Å²) >= 11 is 0. The minimum absolute atomic E-state index is 0.0284. The quantitative estimate of drug-likeness (QED) is 0.322. The van der Waals surface area contributed by atoms with Crippen LogP contribution in [0.15, 0.2) is 78.9 Å². The molecule has 2 heterocycles. The van der Waals surface area contributed by atoms with E-state index in [9.17, 15) is 9.59 Å². The molecule has 3 aromatic carbocycles. The van der Waals surface area contributed by atoms with Crippen molar-refractivity contribution < 1.29 is 23.8 Å². The molecule has 3 aromatic rings. The predicted octanol–water partition coefficient (Wildman–Crippen LogP) is 5.98. The van der Waals surface area contributed by atoms with E-state index in [1.54, 1.807) is 0 Å². The van der Waals surface area contributed by atoms with E-state index in [2.05, 4.69) is 36.4 Å². The lowest BCUT2D eigenvalue weighted by molar-refractivity contribution is -0.131. The van der Waals surface area contributed by atoms with Gasteiger partial charge in [-0.2, -0.15) is 0 Å². The van der Waals surface area contributed by atoms with Crippen molar-refractivity contribution in [3.63, 3.8) is 0 Å². The average molecular weight is 526 g/mol. The van der Waals surface area contributed by atoms with E-state index >= 15 is 0 Å². The summed E-state index contributed by atoms with van der Waals surface area (Å²) in [7, 11) is 0. The maximum absolute atomic E-state index is 13.4. The molecule has 0 N–H and O–H groups in total. The summed E-state index contributed by atoms with van der Waals surface area (Å²) in [6.07, 6.45) is 2.18. The number of ketones is 1. The van der Waals surface area contributed by atoms with Crippen LogP contribution < -0.4 is 0 Å². The van der Waals surface area contributed by atoms with Crippen LogP contribution in [0.2, 0.25) is 0 Å². The number of hydrogen-bond donors (Lipinski definition) is 0. The van der Waals surface area contributed by atoms with Crippen LogP contribution in [0.1, 0.15) is 48.3 Å². The van der Waals surface area contributed by atoms with E-state index in [0.717, 1.165) is 5.56 Å². The van der Waals surface area contributed by atoms with E-state index in [1.165, 1.54) is 22.3 Å². The smallest absolute Gasteiger partial charge is 0.410 e. The monoisotopic (exact) mass is 525 g/mol. The summed E-state index contributed by atoms with van der Waals surface area (Å²) < 4.78 is 17.5. The largest absolute Gasteiger partial charge is 0.448 e. The third-order valence-electron chi connectivity index (χ3n) is 8.35. The van der Waals surface area contributed by atoms with Crippen LogP contribution >= 0.6 is 0 Å². The molecule has 3 aliphatic rings. The highest BCUT2D eigenvalue weighted by atomic mass is 16.6. The Hall–Kier alpha value is -3.48. The van der Waals surface area contributed by atoms with E-state index in [-0.39, 0.29) is 35.8 Å². The lowest BCUT2D eigenvalue weighted by atomic mass is 9.81. The Balaban J connectivity index is 1.02. The SMILES string of the molecule is O=C(CCCOCc1ccccc1)C1CC2COCC(C1)N2C(=O)OCC1c2ccccc2-c2ccccc21. The number of piperidine rings is 1. The number of carbonyl (C=O) groups excluding carboxylic acids is 2. The fourth-order valence-electron chi connectivity index (χ4n) is 6.46. The molecule has 2 bridgehead atoms. The minimum Gasteiger partial charge on any atom is -0.448 e. The zero-order valence-corrected chi connectivity index (χ0v) is 22.2. The van der Waals surface area contributed by atoms with Gasteiger partial charge >= 0.3 is 6.09 Å². The normalized spacial score (nSPS) is 21.7. The van der Waals surface area contributed by atoms with Crippen LogP contribution in [0, 0.1) is 5.92 Å². The standard InChI is InChI=1S/C33H35NO5/c35-32(15-8-16-37-19-23-9-2-1-3-10-23)24-17-25-20-38-21-26(18-24)34(25)33(36)39-22-31-29-13-6-4-11-27(29)28-12-5-7-14-30(28)31/h1-7,9-14,24-26,31H,8,15-22H2. The van der Waals surface area contributed by atoms with Crippen LogP contribution in [0.25, 0.3) is 11.1 Å². The number of rotatable bonds is 9. The molecule has 0 radical (unpaired) electrons. The number of fused-ring (bicyclic) bond motifs is 5. The minimum atomic E-state index is -0.296. The fraction of sp³-hybridized carbons (Fsp3) is 0.394. The van der Waals surface area contributed by atoms with Gasteiger partial charge in [-0.1, -0.05) is 78.9 Å². The molecule has 0 aromatic heterocycles. The molecule has 0 spiro atoms. The van der Waals surface area contributed by atoms with Gasteiger partial charge in [-0.25, -0.2) is 4.79 Å². The third kappa shape index (κ3) is 5.49. The van der Waals surface area contributed by atoms with E-state index in [1.807, 2.05) is 47.4 Å². The van der Waals surface area contributed by atoms with Gasteiger partial charge in [0.25, 0.3) is 0 Å². The van der Waals surface area contributed by atoms with Gasteiger partial charge in [-0.05, 0) is 47.1 Å². The van der Waals surface area contributed by atoms with E-state index in [4.69, 9.17) is 14.2 Å². The van der Waals surface area contributed by atoms with Crippen molar-refractivity contribution in [2.24, 2.45) is 5.92 Å². The van der Waals surface area contributed by atoms with Crippen molar-refractivity contribution in [1.82, 2.24) is 4.90 Å². The second-order valence-electron chi connectivity index (χ2n) is 10.8. The molecule has 6 heteroatoms. The molecule has 1 amide bonds. The molecule has 0 saturated carbocycles. The Morgan fingerprint density at radius 1 is 0.821 bits per heavy atom. The highest BCUT2D eigenvalue weighted by molar-refractivity contribution is 5.82. The Labute approximate surface area is 229 Å². The Kier molecular flexibility index (Phi) is 7.75. The summed E-state index contributed by atoms with van der Waals surface area (Å²) in [4.78, 5) is 28.3. The zero-order valence-electron chi connectivity index (χ0n) is 22.2. The van der Waals surface area contributed by atoms with Gasteiger partial charge in [-0.3, -0.25) is 9.69 Å². The highest BCUT2D eigenvalue weighted by Crippen LogP contribution is 2.44. The van der Waals surface area contributed by atoms with Crippen LogP contribution in [-0.4, -0.2) is 55.3 Å². The third-order valence-corrected chi connectivity index (χ3v) is 8.35. The summed E-state index contributed by atoms with van der Waals surface area (Å²) in [6, 6.07) is 26.5. The lowest BCUT2D eigenvalue weighted by Crippen LogP contribution is -2.60. The number of morpholine rings is 1. The fourth-order valence-corrected chi connectivity index (χ4v) is 6.46. The number of benzene rings is 3. The molecule has 1 aliphatic carbocycles. The first-order chi connectivity index (χ1) is 19.2. The van der Waals surface area contributed by atoms with Gasteiger partial charge in [-0.15, -0.1) is 0 Å². The molecule has 202 valence electrons. The average Bonchev–Trinajstić information content (AvgIpc) is 3.29. The molecule has 2 saturated heterocycles. The number of hydrogen-bond acceptors (Lipinski definition) is 5. The number of amides is 1. The maximum Gasteiger partial charge on any atom is 0.410 e. The van der Waals surface area contributed by atoms with Crippen molar-refractivity contribution in [2.45, 2.75) is 50.3 Å². The predicted molar refractivity (Wildman–Crippen MR) is 148 cm³/mol. The lowest BCUT2D eigenvalue weighted by Gasteiger charge is -2.47. The molecule has 39 heavy (non-hydrogen) atoms. The number of carbonyl (C=O) groups is 2. The van der Waals surface area contributed by atoms with Crippen LogP contribution in [0.3, 0.4) is 0 Å². The van der Waals surface area contributed by atoms with Crippen molar-refractivity contribution >= 4 is 11.9 Å². The van der Waals surface area contributed by atoms with Gasteiger partial charge in [0.2, 0.25) is 0 Å². The van der Waals surface area contributed by atoms with Gasteiger partial charge < -0.3 is 14.2 Å². The van der Waals surface area contributed by atoms with Crippen LogP contribution in [-0.2, 0) is 25.6 Å². The van der Waals surface area contributed by atoms with Crippen molar-refractivity contribution in [1.29, 1.82) is 0 Å². The molecule has 6 nitrogen and oxygen atoms in total. The Morgan fingerprint density at radius 2 is 1.44 bits per heavy atom. The van der Waals surface area contributed by atoms with Crippen molar-refractivity contribution in [2.75, 3.05) is 26.4 Å². The zero-order chi connectivity index (χ0) is 26.6. The molecule has 2 fully saturated rings. The summed E-state index contributed by atoms with van der Waals surface area (Å²) in [5.41, 5.74) is 5.96. The maximum atomic E-state index is 13.4. The summed E-state index contributed by atoms with van der Waals surface area (Å²) in [5, 5.41) is 0. The summed E-state index contributed by atoms with van der Waals surface area (Å²) in [5.74, 6) is 0.249. The Bertz CT molecular complexity index is 1250. The van der Waals surface area contributed by atoms with Crippen LogP contribution in [0.4, 0.5) is 4.79 Å².